The van der Waals surface area contributed by atoms with Gasteiger partial charge in [-0.15, -0.1) is 11.3 Å². The highest BCUT2D eigenvalue weighted by Crippen LogP contribution is 2.41. The van der Waals surface area contributed by atoms with E-state index in [1.54, 1.807) is 11.3 Å². The molecule has 1 heterocycles. The summed E-state index contributed by atoms with van der Waals surface area (Å²) in [6.07, 6.45) is 2.98. The predicted octanol–water partition coefficient (Wildman–Crippen LogP) is 0.985. The number of hydrogen-bond acceptors (Lipinski definition) is 4. The smallest absolute Gasteiger partial charge is 0.218 e. The number of hydrogen-bond donors (Lipinski definition) is 2. The lowest BCUT2D eigenvalue weighted by atomic mass is 10.4. The van der Waals surface area contributed by atoms with Crippen LogP contribution in [0, 0.1) is 0 Å². The molecule has 3 N–H and O–H groups in total. The molecule has 0 radical (unpaired) electrons. The van der Waals surface area contributed by atoms with E-state index < -0.39 is 0 Å². The van der Waals surface area contributed by atoms with Gasteiger partial charge in [0.2, 0.25) is 5.91 Å². The summed E-state index contributed by atoms with van der Waals surface area (Å²) in [6, 6.07) is 0. The summed E-state index contributed by atoms with van der Waals surface area (Å²) in [5.41, 5.74) is 6.11. The van der Waals surface area contributed by atoms with E-state index in [4.69, 9.17) is 5.73 Å². The van der Waals surface area contributed by atoms with Gasteiger partial charge in [0.05, 0.1) is 10.7 Å². The molecule has 1 aromatic heterocycles. The molecule has 0 spiro atoms. The number of amides is 1. The van der Waals surface area contributed by atoms with Gasteiger partial charge in [-0.1, -0.05) is 0 Å². The maximum absolute atomic E-state index is 10.5. The molecule has 0 bridgehead atoms. The van der Waals surface area contributed by atoms with Crippen LogP contribution < -0.4 is 11.1 Å². The fraction of sp³-hybridized carbons (Fsp3) is 0.600. The van der Waals surface area contributed by atoms with E-state index >= 15 is 0 Å². The summed E-state index contributed by atoms with van der Waals surface area (Å²) in [5, 5.41) is 6.50. The van der Waals surface area contributed by atoms with Gasteiger partial charge in [-0.3, -0.25) is 4.79 Å². The second kappa shape index (κ2) is 4.72. The molecule has 0 aliphatic heterocycles. The zero-order valence-corrected chi connectivity index (χ0v) is 9.35. The molecule has 5 heteroatoms. The van der Waals surface area contributed by atoms with Gasteiger partial charge >= 0.3 is 0 Å². The van der Waals surface area contributed by atoms with Crippen LogP contribution >= 0.6 is 11.3 Å². The molecule has 4 nitrogen and oxygen atoms in total. The number of thiazole rings is 1. The number of nitrogens with one attached hydrogen (secondary N) is 1. The summed E-state index contributed by atoms with van der Waals surface area (Å²) in [6.45, 7) is 1.36. The molecule has 0 unspecified atom stereocenters. The Balaban J connectivity index is 1.71. The van der Waals surface area contributed by atoms with Crippen molar-refractivity contribution in [3.63, 3.8) is 0 Å². The summed E-state index contributed by atoms with van der Waals surface area (Å²) >= 11 is 1.74. The Morgan fingerprint density at radius 1 is 1.67 bits per heavy atom. The van der Waals surface area contributed by atoms with Crippen molar-refractivity contribution in [3.05, 3.63) is 16.1 Å². The predicted molar refractivity (Wildman–Crippen MR) is 59.6 cm³/mol. The fourth-order valence-electron chi connectivity index (χ4n) is 1.35. The first kappa shape index (κ1) is 10.6. The van der Waals surface area contributed by atoms with E-state index in [2.05, 4.69) is 15.7 Å². The van der Waals surface area contributed by atoms with Crippen LogP contribution in [0.25, 0.3) is 0 Å². The average molecular weight is 225 g/mol. The van der Waals surface area contributed by atoms with E-state index in [-0.39, 0.29) is 5.91 Å². The Morgan fingerprint density at radius 3 is 3.13 bits per heavy atom. The van der Waals surface area contributed by atoms with Crippen molar-refractivity contribution in [3.8, 4) is 0 Å². The van der Waals surface area contributed by atoms with Gasteiger partial charge in [0.1, 0.15) is 0 Å². The maximum atomic E-state index is 10.5. The van der Waals surface area contributed by atoms with Crippen LogP contribution in [0.4, 0.5) is 0 Å². The number of nitrogens with zero attached hydrogens (tertiary/aromatic N) is 1. The average Bonchev–Trinajstić information content (AvgIpc) is 2.94. The van der Waals surface area contributed by atoms with Crippen molar-refractivity contribution in [1.82, 2.24) is 10.3 Å². The molecule has 0 aromatic carbocycles. The third-order valence-electron chi connectivity index (χ3n) is 2.35. The number of nitrogens with two attached hydrogens (primary N) is 1. The molecule has 2 rings (SSSR count). The Labute approximate surface area is 92.9 Å². The maximum Gasteiger partial charge on any atom is 0.218 e. The minimum atomic E-state index is -0.264. The minimum absolute atomic E-state index is 0.264. The van der Waals surface area contributed by atoms with E-state index in [9.17, 15) is 4.79 Å². The summed E-state index contributed by atoms with van der Waals surface area (Å²) in [5.74, 6) is 0.466. The van der Waals surface area contributed by atoms with Gasteiger partial charge in [0, 0.05) is 30.8 Å². The summed E-state index contributed by atoms with van der Waals surface area (Å²) in [7, 11) is 0. The van der Waals surface area contributed by atoms with Gasteiger partial charge in [-0.05, 0) is 12.8 Å². The van der Waals surface area contributed by atoms with Crippen LogP contribution in [-0.2, 0) is 11.3 Å². The van der Waals surface area contributed by atoms with E-state index in [0.29, 0.717) is 13.0 Å². The van der Waals surface area contributed by atoms with Crippen molar-refractivity contribution in [1.29, 1.82) is 0 Å². The van der Waals surface area contributed by atoms with Gasteiger partial charge in [-0.2, -0.15) is 0 Å². The molecule has 1 amide bonds. The van der Waals surface area contributed by atoms with Crippen LogP contribution in [0.1, 0.15) is 35.9 Å². The number of aromatic nitrogens is 1. The number of rotatable bonds is 6. The van der Waals surface area contributed by atoms with E-state index in [1.807, 2.05) is 0 Å². The van der Waals surface area contributed by atoms with Crippen LogP contribution in [0.2, 0.25) is 0 Å². The van der Waals surface area contributed by atoms with Gasteiger partial charge in [0.15, 0.2) is 0 Å². The Morgan fingerprint density at radius 2 is 2.47 bits per heavy atom. The second-order valence-corrected chi connectivity index (χ2v) is 4.73. The van der Waals surface area contributed by atoms with Crippen molar-refractivity contribution in [2.45, 2.75) is 31.7 Å². The second-order valence-electron chi connectivity index (χ2n) is 3.84. The Bertz CT molecular complexity index is 346. The molecular weight excluding hydrogens is 210 g/mol. The molecule has 82 valence electrons. The minimum Gasteiger partial charge on any atom is -0.370 e. The van der Waals surface area contributed by atoms with Crippen molar-refractivity contribution >= 4 is 17.2 Å². The lowest BCUT2D eigenvalue weighted by Gasteiger charge is -1.99. The summed E-state index contributed by atoms with van der Waals surface area (Å²) in [4.78, 5) is 15.0. The molecule has 1 aliphatic carbocycles. The van der Waals surface area contributed by atoms with Gasteiger partial charge in [-0.25, -0.2) is 4.98 Å². The monoisotopic (exact) mass is 225 g/mol. The Kier molecular flexibility index (Phi) is 3.33. The first-order chi connectivity index (χ1) is 7.25. The standard InChI is InChI=1S/C10H15N3OS/c11-9(14)3-4-12-5-8-6-15-10(13-8)7-1-2-7/h6-7,12H,1-5H2,(H2,11,14). The van der Waals surface area contributed by atoms with Crippen LogP contribution in [0.3, 0.4) is 0 Å². The zero-order chi connectivity index (χ0) is 10.7. The van der Waals surface area contributed by atoms with Crippen LogP contribution in [-0.4, -0.2) is 17.4 Å². The molecule has 1 aliphatic rings. The zero-order valence-electron chi connectivity index (χ0n) is 8.53. The third kappa shape index (κ3) is 3.28. The molecule has 1 fully saturated rings. The highest BCUT2D eigenvalue weighted by molar-refractivity contribution is 7.09. The van der Waals surface area contributed by atoms with Crippen LogP contribution in [0.15, 0.2) is 5.38 Å². The number of primary amides is 1. The van der Waals surface area contributed by atoms with Gasteiger partial charge in [0.25, 0.3) is 0 Å². The topological polar surface area (TPSA) is 68.0 Å². The van der Waals surface area contributed by atoms with Crippen molar-refractivity contribution < 1.29 is 4.79 Å². The lowest BCUT2D eigenvalue weighted by Crippen LogP contribution is -2.21. The Hall–Kier alpha value is -0.940. The highest BCUT2D eigenvalue weighted by atomic mass is 32.1. The normalized spacial score (nSPS) is 15.5. The third-order valence-corrected chi connectivity index (χ3v) is 3.41. The van der Waals surface area contributed by atoms with Crippen molar-refractivity contribution in [2.24, 2.45) is 5.73 Å². The van der Waals surface area contributed by atoms with Gasteiger partial charge < -0.3 is 11.1 Å². The van der Waals surface area contributed by atoms with E-state index in [1.165, 1.54) is 17.8 Å². The first-order valence-electron chi connectivity index (χ1n) is 5.19. The fourth-order valence-corrected chi connectivity index (χ4v) is 2.34. The van der Waals surface area contributed by atoms with E-state index in [0.717, 1.165) is 18.2 Å². The lowest BCUT2D eigenvalue weighted by molar-refractivity contribution is -0.117. The highest BCUT2D eigenvalue weighted by Gasteiger charge is 2.26. The molecule has 15 heavy (non-hydrogen) atoms. The molecule has 0 atom stereocenters. The SMILES string of the molecule is NC(=O)CCNCc1csc(C2CC2)n1. The quantitative estimate of drug-likeness (QED) is 0.709. The molecular formula is C10H15N3OS. The first-order valence-corrected chi connectivity index (χ1v) is 6.07. The van der Waals surface area contributed by atoms with Crippen molar-refractivity contribution in [2.75, 3.05) is 6.54 Å². The summed E-state index contributed by atoms with van der Waals surface area (Å²) < 4.78 is 0. The molecule has 0 saturated heterocycles. The molecule has 1 saturated carbocycles. The van der Waals surface area contributed by atoms with Crippen LogP contribution in [0.5, 0.6) is 0 Å². The number of carbonyl (C=O) groups is 1. The molecule has 1 aromatic rings. The largest absolute Gasteiger partial charge is 0.370 e. The number of carbonyl (C=O) groups excluding carboxylic acids is 1.